The Morgan fingerprint density at radius 1 is 1.35 bits per heavy atom. The lowest BCUT2D eigenvalue weighted by molar-refractivity contribution is 0.625. The van der Waals surface area contributed by atoms with Crippen LogP contribution in [0.3, 0.4) is 0 Å². The van der Waals surface area contributed by atoms with Crippen LogP contribution >= 0.6 is 40.8 Å². The van der Waals surface area contributed by atoms with E-state index in [0.717, 1.165) is 20.6 Å². The number of nitrogens with zero attached hydrogens (tertiary/aromatic N) is 1. The predicted octanol–water partition coefficient (Wildman–Crippen LogP) is 3.25. The van der Waals surface area contributed by atoms with Crippen LogP contribution in [-0.4, -0.2) is 10.1 Å². The van der Waals surface area contributed by atoms with Gasteiger partial charge in [-0.2, -0.15) is 0 Å². The van der Waals surface area contributed by atoms with Crippen LogP contribution in [-0.2, 0) is 6.42 Å². The number of thiocarbonyl (C=S) groups is 1. The summed E-state index contributed by atoms with van der Waals surface area (Å²) in [6.45, 7) is 0. The third-order valence-electron chi connectivity index (χ3n) is 2.83. The molecule has 0 fully saturated rings. The number of hydrogen-bond donors (Lipinski definition) is 3. The molecular formula is C14H14BrN3S2. The van der Waals surface area contributed by atoms with Crippen LogP contribution in [0.4, 0.5) is 0 Å². The van der Waals surface area contributed by atoms with Crippen LogP contribution < -0.4 is 11.1 Å². The average Bonchev–Trinajstić information content (AvgIpc) is 2.41. The maximum Gasteiger partial charge on any atom is 0.164 e. The van der Waals surface area contributed by atoms with Crippen LogP contribution in [0, 0.1) is 0 Å². The van der Waals surface area contributed by atoms with E-state index in [4.69, 9.17) is 18.0 Å². The predicted molar refractivity (Wildman–Crippen MR) is 92.0 cm³/mol. The van der Waals surface area contributed by atoms with Gasteiger partial charge in [0.25, 0.3) is 0 Å². The summed E-state index contributed by atoms with van der Waals surface area (Å²) in [5.41, 5.74) is 7.63. The molecule has 0 saturated carbocycles. The zero-order valence-corrected chi connectivity index (χ0v) is 13.9. The highest BCUT2D eigenvalue weighted by atomic mass is 79.9. The van der Waals surface area contributed by atoms with Crippen molar-refractivity contribution in [2.45, 2.75) is 17.4 Å². The van der Waals surface area contributed by atoms with Gasteiger partial charge in [-0.05, 0) is 51.9 Å². The highest BCUT2D eigenvalue weighted by molar-refractivity contribution is 9.10. The van der Waals surface area contributed by atoms with E-state index in [1.54, 1.807) is 6.20 Å². The van der Waals surface area contributed by atoms with E-state index in [1.165, 1.54) is 0 Å². The van der Waals surface area contributed by atoms with Crippen molar-refractivity contribution < 1.29 is 0 Å². The highest BCUT2D eigenvalue weighted by Crippen LogP contribution is 2.24. The number of pyridine rings is 1. The minimum atomic E-state index is -0.0464. The summed E-state index contributed by atoms with van der Waals surface area (Å²) < 4.78 is 0.953. The number of benzene rings is 1. The van der Waals surface area contributed by atoms with Gasteiger partial charge in [0, 0.05) is 27.7 Å². The molecule has 2 aromatic rings. The van der Waals surface area contributed by atoms with Gasteiger partial charge >= 0.3 is 0 Å². The lowest BCUT2D eigenvalue weighted by Crippen LogP contribution is -2.34. The van der Waals surface area contributed by atoms with Crippen LogP contribution in [0.5, 0.6) is 0 Å². The maximum atomic E-state index is 5.63. The number of halogens is 1. The van der Waals surface area contributed by atoms with Crippen molar-refractivity contribution in [1.29, 1.82) is 0 Å². The van der Waals surface area contributed by atoms with E-state index >= 15 is 0 Å². The molecule has 1 heterocycles. The maximum absolute atomic E-state index is 5.63. The van der Waals surface area contributed by atoms with E-state index in [1.807, 2.05) is 36.4 Å². The third kappa shape index (κ3) is 4.19. The first-order valence-electron chi connectivity index (χ1n) is 6.00. The van der Waals surface area contributed by atoms with Gasteiger partial charge in [0.15, 0.2) is 5.11 Å². The van der Waals surface area contributed by atoms with E-state index < -0.39 is 0 Å². The second kappa shape index (κ2) is 7.06. The molecule has 0 aliphatic rings. The van der Waals surface area contributed by atoms with E-state index in [0.29, 0.717) is 6.42 Å². The molecule has 0 aliphatic carbocycles. The molecule has 0 bridgehead atoms. The monoisotopic (exact) mass is 367 g/mol. The van der Waals surface area contributed by atoms with Crippen LogP contribution in [0.1, 0.15) is 17.3 Å². The fourth-order valence-corrected chi connectivity index (χ4v) is 2.62. The number of rotatable bonds is 4. The first-order chi connectivity index (χ1) is 9.56. The van der Waals surface area contributed by atoms with Crippen LogP contribution in [0.25, 0.3) is 0 Å². The molecule has 3 N–H and O–H groups in total. The van der Waals surface area contributed by atoms with Gasteiger partial charge in [0.2, 0.25) is 0 Å². The van der Waals surface area contributed by atoms with Gasteiger partial charge in [-0.3, -0.25) is 4.98 Å². The summed E-state index contributed by atoms with van der Waals surface area (Å²) >= 11 is 12.8. The minimum absolute atomic E-state index is 0.0464. The molecule has 6 heteroatoms. The van der Waals surface area contributed by atoms with Gasteiger partial charge in [0.1, 0.15) is 0 Å². The molecule has 1 unspecified atom stereocenters. The van der Waals surface area contributed by atoms with Crippen molar-refractivity contribution in [1.82, 2.24) is 10.3 Å². The van der Waals surface area contributed by atoms with Crippen molar-refractivity contribution in [3.05, 3.63) is 58.3 Å². The Morgan fingerprint density at radius 3 is 2.70 bits per heavy atom. The summed E-state index contributed by atoms with van der Waals surface area (Å²) in [4.78, 5) is 5.29. The van der Waals surface area contributed by atoms with Crippen molar-refractivity contribution in [3.63, 3.8) is 0 Å². The number of thiol groups is 1. The minimum Gasteiger partial charge on any atom is -0.376 e. The Kier molecular flexibility index (Phi) is 5.39. The van der Waals surface area contributed by atoms with Crippen LogP contribution in [0.15, 0.2) is 52.0 Å². The molecule has 0 saturated heterocycles. The molecule has 0 radical (unpaired) electrons. The molecule has 3 nitrogen and oxygen atoms in total. The summed E-state index contributed by atoms with van der Waals surface area (Å²) in [5.74, 6) is 0. The summed E-state index contributed by atoms with van der Waals surface area (Å²) in [6, 6.07) is 11.8. The second-order valence-corrected chi connectivity index (χ2v) is 6.13. The van der Waals surface area contributed by atoms with E-state index in [2.05, 4.69) is 38.9 Å². The summed E-state index contributed by atoms with van der Waals surface area (Å²) in [7, 11) is 0. The fraction of sp³-hybridized carbons (Fsp3) is 0.143. The van der Waals surface area contributed by atoms with E-state index in [-0.39, 0.29) is 11.2 Å². The van der Waals surface area contributed by atoms with Gasteiger partial charge in [-0.1, -0.05) is 18.2 Å². The van der Waals surface area contributed by atoms with Gasteiger partial charge < -0.3 is 11.1 Å². The normalized spacial score (nSPS) is 11.9. The molecule has 1 aromatic heterocycles. The largest absolute Gasteiger partial charge is 0.376 e. The smallest absolute Gasteiger partial charge is 0.164 e. The Labute approximate surface area is 137 Å². The number of hydrogen-bond acceptors (Lipinski definition) is 3. The number of aromatic nitrogens is 1. The SMILES string of the molecule is NC(=S)NC(Cc1ccc(Br)cn1)c1ccccc1S. The molecule has 1 atom stereocenters. The topological polar surface area (TPSA) is 50.9 Å². The molecule has 0 amide bonds. The quantitative estimate of drug-likeness (QED) is 0.573. The summed E-state index contributed by atoms with van der Waals surface area (Å²) in [6.07, 6.45) is 2.46. The Morgan fingerprint density at radius 2 is 2.10 bits per heavy atom. The Bertz CT molecular complexity index is 602. The van der Waals surface area contributed by atoms with Gasteiger partial charge in [-0.25, -0.2) is 0 Å². The Hall–Kier alpha value is -1.11. The fourth-order valence-electron chi connectivity index (χ4n) is 1.93. The molecule has 0 aliphatic heterocycles. The molecule has 0 spiro atoms. The zero-order chi connectivity index (χ0) is 14.5. The van der Waals surface area contributed by atoms with E-state index in [9.17, 15) is 0 Å². The zero-order valence-electron chi connectivity index (χ0n) is 10.6. The molecule has 104 valence electrons. The lowest BCUT2D eigenvalue weighted by Gasteiger charge is -2.20. The number of nitrogens with two attached hydrogens (primary N) is 1. The molecular weight excluding hydrogens is 354 g/mol. The first kappa shape index (κ1) is 15.3. The molecule has 1 aromatic carbocycles. The molecule has 20 heavy (non-hydrogen) atoms. The molecule has 2 rings (SSSR count). The summed E-state index contributed by atoms with van der Waals surface area (Å²) in [5, 5.41) is 3.38. The van der Waals surface area contributed by atoms with Crippen molar-refractivity contribution >= 4 is 45.9 Å². The highest BCUT2D eigenvalue weighted by Gasteiger charge is 2.15. The van der Waals surface area contributed by atoms with Crippen LogP contribution in [0.2, 0.25) is 0 Å². The first-order valence-corrected chi connectivity index (χ1v) is 7.65. The van der Waals surface area contributed by atoms with Gasteiger partial charge in [-0.15, -0.1) is 12.6 Å². The van der Waals surface area contributed by atoms with Crippen molar-refractivity contribution in [3.8, 4) is 0 Å². The Balaban J connectivity index is 2.26. The van der Waals surface area contributed by atoms with Gasteiger partial charge in [0.05, 0.1) is 6.04 Å². The average molecular weight is 368 g/mol. The number of nitrogens with one attached hydrogen (secondary N) is 1. The third-order valence-corrected chi connectivity index (χ3v) is 3.82. The van der Waals surface area contributed by atoms with Crippen molar-refractivity contribution in [2.75, 3.05) is 0 Å². The standard InChI is InChI=1S/C14H14BrN3S2/c15-9-5-6-10(17-8-9)7-12(18-14(16)20)11-3-1-2-4-13(11)19/h1-6,8,12,19H,7H2,(H3,16,18,20). The lowest BCUT2D eigenvalue weighted by atomic mass is 10.0. The van der Waals surface area contributed by atoms with Crippen molar-refractivity contribution in [2.24, 2.45) is 5.73 Å². The second-order valence-electron chi connectivity index (χ2n) is 4.29.